The molecule has 7 rings (SSSR count). The zero-order valence-electron chi connectivity index (χ0n) is 18.0. The Kier molecular flexibility index (Phi) is 3.76. The van der Waals surface area contributed by atoms with Crippen LogP contribution in [0.5, 0.6) is 17.2 Å². The Bertz CT molecular complexity index is 1300. The largest absolute Gasteiger partial charge is 0.491 e. The van der Waals surface area contributed by atoms with Crippen LogP contribution in [0.4, 0.5) is 5.69 Å². The van der Waals surface area contributed by atoms with Crippen molar-refractivity contribution >= 4 is 17.3 Å². The van der Waals surface area contributed by atoms with Crippen LogP contribution in [-0.2, 0) is 15.1 Å². The van der Waals surface area contributed by atoms with E-state index in [1.165, 1.54) is 0 Å². The van der Waals surface area contributed by atoms with Crippen LogP contribution in [0.15, 0.2) is 65.4 Å². The van der Waals surface area contributed by atoms with Crippen LogP contribution in [0.3, 0.4) is 0 Å². The van der Waals surface area contributed by atoms with Crippen LogP contribution in [0.2, 0.25) is 0 Å². The molecule has 8 nitrogen and oxygen atoms in total. The number of likely N-dealkylation sites (N-methyl/N-ethyl adjacent to an activating group) is 1. The van der Waals surface area contributed by atoms with E-state index in [0.717, 1.165) is 28.1 Å². The van der Waals surface area contributed by atoms with Crippen LogP contribution in [0.25, 0.3) is 0 Å². The molecule has 33 heavy (non-hydrogen) atoms. The first kappa shape index (κ1) is 18.8. The average Bonchev–Trinajstić information content (AvgIpc) is 3.48. The Hall–Kier alpha value is -3.78. The molecule has 0 radical (unpaired) electrons. The second-order valence-corrected chi connectivity index (χ2v) is 8.76. The van der Waals surface area contributed by atoms with Gasteiger partial charge in [0.2, 0.25) is 5.91 Å². The summed E-state index contributed by atoms with van der Waals surface area (Å²) in [5.74, 6) is 1.98. The lowest BCUT2D eigenvalue weighted by Gasteiger charge is -2.25. The summed E-state index contributed by atoms with van der Waals surface area (Å²) >= 11 is 0. The number of oxime groups is 1. The van der Waals surface area contributed by atoms with Crippen LogP contribution in [0, 0.1) is 0 Å². The normalized spacial score (nSPS) is 26.4. The number of amides is 1. The highest BCUT2D eigenvalue weighted by Crippen LogP contribution is 2.54. The van der Waals surface area contributed by atoms with Crippen molar-refractivity contribution in [3.8, 4) is 17.2 Å². The number of carbonyl (C=O) groups excluding carboxylic acids is 1. The van der Waals surface area contributed by atoms with E-state index in [4.69, 9.17) is 19.1 Å². The van der Waals surface area contributed by atoms with Gasteiger partial charge >= 0.3 is 0 Å². The van der Waals surface area contributed by atoms with Gasteiger partial charge in [-0.05, 0) is 29.3 Å². The van der Waals surface area contributed by atoms with Gasteiger partial charge in [0.15, 0.2) is 11.5 Å². The third kappa shape index (κ3) is 2.49. The molecule has 2 aromatic carbocycles. The maximum Gasteiger partial charge on any atom is 0.246 e. The molecule has 8 heteroatoms. The molecule has 0 bridgehead atoms. The van der Waals surface area contributed by atoms with Crippen LogP contribution in [0.1, 0.15) is 11.1 Å². The van der Waals surface area contributed by atoms with Gasteiger partial charge in [0, 0.05) is 24.4 Å². The number of benzene rings is 2. The first-order valence-corrected chi connectivity index (χ1v) is 11.0. The second kappa shape index (κ2) is 6.62. The molecule has 1 spiro atoms. The molecule has 4 aliphatic heterocycles. The monoisotopic (exact) mass is 443 g/mol. The van der Waals surface area contributed by atoms with Crippen LogP contribution >= 0.6 is 0 Å². The topological polar surface area (TPSA) is 72.8 Å². The lowest BCUT2D eigenvalue weighted by molar-refractivity contribution is -0.123. The molecule has 4 heterocycles. The molecule has 5 aliphatic rings. The van der Waals surface area contributed by atoms with Crippen molar-refractivity contribution in [1.29, 1.82) is 0 Å². The predicted octanol–water partition coefficient (Wildman–Crippen LogP) is 2.58. The van der Waals surface area contributed by atoms with Gasteiger partial charge in [0.1, 0.15) is 42.7 Å². The molecular weight excluding hydrogens is 422 g/mol. The van der Waals surface area contributed by atoms with Crippen molar-refractivity contribution in [3.05, 3.63) is 71.3 Å². The van der Waals surface area contributed by atoms with Gasteiger partial charge in [-0.1, -0.05) is 35.5 Å². The first-order chi connectivity index (χ1) is 16.1. The van der Waals surface area contributed by atoms with E-state index in [-0.39, 0.29) is 18.6 Å². The predicted molar refractivity (Wildman–Crippen MR) is 120 cm³/mol. The summed E-state index contributed by atoms with van der Waals surface area (Å²) in [6.07, 6.45) is 6.08. The number of hydroxylamine groups is 2. The van der Waals surface area contributed by atoms with E-state index < -0.39 is 5.41 Å². The minimum atomic E-state index is -0.905. The number of hydrogen-bond acceptors (Lipinski definition) is 7. The Morgan fingerprint density at radius 1 is 1.06 bits per heavy atom. The van der Waals surface area contributed by atoms with E-state index in [1.807, 2.05) is 66.6 Å². The molecule has 0 aromatic heterocycles. The number of para-hydroxylation sites is 1. The van der Waals surface area contributed by atoms with Gasteiger partial charge in [-0.3, -0.25) is 9.73 Å². The standard InChI is InChI=1S/C25H21N3O5/c1-27-20-7-6-15(10-18(20)26-33-27)13-28-19-5-3-2-4-16(19)25(24(28)29)14-32-21-12-23-22(11-17(21)25)30-8-9-31-23/h2-7,10-12,20H,8-9,13-14H2,1H3. The van der Waals surface area contributed by atoms with Crippen molar-refractivity contribution < 1.29 is 23.9 Å². The highest BCUT2D eigenvalue weighted by atomic mass is 16.8. The molecule has 0 saturated heterocycles. The Morgan fingerprint density at radius 2 is 1.88 bits per heavy atom. The van der Waals surface area contributed by atoms with Crippen molar-refractivity contribution in [1.82, 2.24) is 5.06 Å². The number of hydrogen-bond donors (Lipinski definition) is 0. The lowest BCUT2D eigenvalue weighted by atomic mass is 9.77. The van der Waals surface area contributed by atoms with Gasteiger partial charge in [-0.25, -0.2) is 0 Å². The zero-order valence-corrected chi connectivity index (χ0v) is 18.0. The number of rotatable bonds is 2. The smallest absolute Gasteiger partial charge is 0.246 e. The molecule has 2 aromatic rings. The van der Waals surface area contributed by atoms with Crippen LogP contribution in [-0.4, -0.2) is 56.1 Å². The van der Waals surface area contributed by atoms with Crippen molar-refractivity contribution in [2.45, 2.75) is 11.5 Å². The van der Waals surface area contributed by atoms with Crippen molar-refractivity contribution in [2.75, 3.05) is 38.3 Å². The number of fused-ring (bicyclic) bond motifs is 6. The zero-order chi connectivity index (χ0) is 22.2. The quantitative estimate of drug-likeness (QED) is 0.711. The van der Waals surface area contributed by atoms with Crippen molar-refractivity contribution in [3.63, 3.8) is 0 Å². The summed E-state index contributed by atoms with van der Waals surface area (Å²) in [4.78, 5) is 21.2. The molecule has 0 fully saturated rings. The van der Waals surface area contributed by atoms with Crippen LogP contribution < -0.4 is 19.1 Å². The summed E-state index contributed by atoms with van der Waals surface area (Å²) in [5.41, 5.74) is 3.60. The summed E-state index contributed by atoms with van der Waals surface area (Å²) in [7, 11) is 1.85. The van der Waals surface area contributed by atoms with E-state index in [1.54, 1.807) is 5.06 Å². The van der Waals surface area contributed by atoms with Gasteiger partial charge in [0.05, 0.1) is 6.54 Å². The van der Waals surface area contributed by atoms with Gasteiger partial charge < -0.3 is 19.1 Å². The van der Waals surface area contributed by atoms with Gasteiger partial charge in [-0.15, -0.1) is 5.06 Å². The number of nitrogens with zero attached hydrogens (tertiary/aromatic N) is 3. The Labute approximate surface area is 190 Å². The molecule has 1 aliphatic carbocycles. The molecule has 2 unspecified atom stereocenters. The minimum absolute atomic E-state index is 0.00252. The van der Waals surface area contributed by atoms with Crippen molar-refractivity contribution in [2.24, 2.45) is 5.16 Å². The number of anilines is 1. The molecular formula is C25H21N3O5. The maximum absolute atomic E-state index is 14.1. The average molecular weight is 443 g/mol. The third-order valence-corrected chi connectivity index (χ3v) is 6.95. The lowest BCUT2D eigenvalue weighted by Crippen LogP contribution is -2.43. The fourth-order valence-electron chi connectivity index (χ4n) is 5.34. The van der Waals surface area contributed by atoms with E-state index in [0.29, 0.717) is 37.0 Å². The Balaban J connectivity index is 1.30. The third-order valence-electron chi connectivity index (χ3n) is 6.95. The minimum Gasteiger partial charge on any atom is -0.491 e. The molecule has 1 amide bonds. The molecule has 166 valence electrons. The highest BCUT2D eigenvalue weighted by Gasteiger charge is 2.57. The summed E-state index contributed by atoms with van der Waals surface area (Å²) in [6, 6.07) is 11.7. The molecule has 0 saturated carbocycles. The molecule has 0 N–H and O–H groups in total. The van der Waals surface area contributed by atoms with E-state index in [2.05, 4.69) is 5.16 Å². The number of ether oxygens (including phenoxy) is 3. The first-order valence-electron chi connectivity index (χ1n) is 11.0. The summed E-state index contributed by atoms with van der Waals surface area (Å²) < 4.78 is 17.6. The Morgan fingerprint density at radius 3 is 2.76 bits per heavy atom. The van der Waals surface area contributed by atoms with Gasteiger partial charge in [0.25, 0.3) is 0 Å². The summed E-state index contributed by atoms with van der Waals surface area (Å²) in [5, 5.41) is 5.83. The fraction of sp³-hybridized carbons (Fsp3) is 0.280. The summed E-state index contributed by atoms with van der Waals surface area (Å²) in [6.45, 7) is 1.67. The highest BCUT2D eigenvalue weighted by molar-refractivity contribution is 6.12. The van der Waals surface area contributed by atoms with Gasteiger partial charge in [-0.2, -0.15) is 0 Å². The molecule has 2 atom stereocenters. The SMILES string of the molecule is CN1ON=C2C=C(CN3C(=O)C4(COc5cc6c(cc54)OCCO6)c4ccccc43)C=CC21. The van der Waals surface area contributed by atoms with E-state index in [9.17, 15) is 4.79 Å². The maximum atomic E-state index is 14.1. The van der Waals surface area contributed by atoms with E-state index >= 15 is 0 Å². The number of carbonyl (C=O) groups is 1. The second-order valence-electron chi connectivity index (χ2n) is 8.76. The fourth-order valence-corrected chi connectivity index (χ4v) is 5.34.